The summed E-state index contributed by atoms with van der Waals surface area (Å²) in [7, 11) is 0. The number of carbonyl (C=O) groups is 1. The van der Waals surface area contributed by atoms with Crippen molar-refractivity contribution in [2.75, 3.05) is 33.0 Å². The smallest absolute Gasteiger partial charge is 0.410 e. The molecule has 1 amide bonds. The third-order valence-electron chi connectivity index (χ3n) is 2.22. The number of hydrogen-bond donors (Lipinski definition) is 3. The summed E-state index contributed by atoms with van der Waals surface area (Å²) >= 11 is 0. The molecule has 6 heteroatoms. The van der Waals surface area contributed by atoms with E-state index in [2.05, 4.69) is 4.74 Å². The molecular weight excluding hydrogens is 178 g/mol. The molecule has 1 rings (SSSR count). The van der Waals surface area contributed by atoms with Gasteiger partial charge in [0.2, 0.25) is 0 Å². The van der Waals surface area contributed by atoms with Crippen LogP contribution in [-0.4, -0.2) is 64.8 Å². The SMILES string of the molecule is O=C1OCCN1C(CO)(CO)CO. The number of amides is 1. The average Bonchev–Trinajstić information content (AvgIpc) is 2.57. The van der Waals surface area contributed by atoms with Crippen LogP contribution in [0, 0.1) is 0 Å². The van der Waals surface area contributed by atoms with Crippen molar-refractivity contribution in [1.82, 2.24) is 4.90 Å². The molecule has 0 saturated carbocycles. The van der Waals surface area contributed by atoms with Crippen LogP contribution >= 0.6 is 0 Å². The lowest BCUT2D eigenvalue weighted by atomic mass is 10.0. The van der Waals surface area contributed by atoms with Crippen LogP contribution < -0.4 is 0 Å². The monoisotopic (exact) mass is 191 g/mol. The number of nitrogens with zero attached hydrogens (tertiary/aromatic N) is 1. The first-order valence-electron chi connectivity index (χ1n) is 3.97. The predicted molar refractivity (Wildman–Crippen MR) is 42.0 cm³/mol. The van der Waals surface area contributed by atoms with E-state index in [4.69, 9.17) is 15.3 Å². The molecule has 1 aliphatic rings. The van der Waals surface area contributed by atoms with Crippen LogP contribution in [0.1, 0.15) is 0 Å². The summed E-state index contributed by atoms with van der Waals surface area (Å²) < 4.78 is 4.63. The number of aliphatic hydroxyl groups is 3. The summed E-state index contributed by atoms with van der Waals surface area (Å²) in [6.45, 7) is -0.972. The summed E-state index contributed by atoms with van der Waals surface area (Å²) in [5.74, 6) is 0. The molecule has 3 N–H and O–H groups in total. The standard InChI is InChI=1S/C7H13NO5/c9-3-7(4-10,5-11)8-1-2-13-6(8)12/h9-11H,1-5H2. The fourth-order valence-electron chi connectivity index (χ4n) is 1.23. The van der Waals surface area contributed by atoms with Crippen molar-refractivity contribution in [3.8, 4) is 0 Å². The molecule has 0 aromatic rings. The molecule has 1 aliphatic heterocycles. The van der Waals surface area contributed by atoms with E-state index in [1.807, 2.05) is 0 Å². The molecule has 6 nitrogen and oxygen atoms in total. The molecule has 0 radical (unpaired) electrons. The summed E-state index contributed by atoms with van der Waals surface area (Å²) in [5.41, 5.74) is -1.30. The summed E-state index contributed by atoms with van der Waals surface area (Å²) in [5, 5.41) is 27.0. The molecule has 0 aromatic heterocycles. The molecule has 0 bridgehead atoms. The van der Waals surface area contributed by atoms with Gasteiger partial charge in [0.25, 0.3) is 0 Å². The average molecular weight is 191 g/mol. The Kier molecular flexibility index (Phi) is 3.07. The first-order valence-corrected chi connectivity index (χ1v) is 3.97. The molecule has 0 unspecified atom stereocenters. The number of aliphatic hydroxyl groups excluding tert-OH is 3. The maximum Gasteiger partial charge on any atom is 0.410 e. The first kappa shape index (κ1) is 10.2. The van der Waals surface area contributed by atoms with E-state index >= 15 is 0 Å². The second-order valence-corrected chi connectivity index (χ2v) is 2.96. The molecule has 0 aliphatic carbocycles. The zero-order chi connectivity index (χ0) is 9.90. The zero-order valence-corrected chi connectivity index (χ0v) is 7.14. The van der Waals surface area contributed by atoms with E-state index in [1.165, 1.54) is 0 Å². The fraction of sp³-hybridized carbons (Fsp3) is 0.857. The Hall–Kier alpha value is -0.850. The maximum absolute atomic E-state index is 11.1. The minimum absolute atomic E-state index is 0.223. The van der Waals surface area contributed by atoms with Gasteiger partial charge in [-0.2, -0.15) is 0 Å². The van der Waals surface area contributed by atoms with Crippen molar-refractivity contribution >= 4 is 6.09 Å². The highest BCUT2D eigenvalue weighted by molar-refractivity contribution is 5.70. The first-order chi connectivity index (χ1) is 6.20. The van der Waals surface area contributed by atoms with E-state index in [9.17, 15) is 4.79 Å². The highest BCUT2D eigenvalue weighted by Gasteiger charge is 2.42. The van der Waals surface area contributed by atoms with Crippen LogP contribution in [0.3, 0.4) is 0 Å². The zero-order valence-electron chi connectivity index (χ0n) is 7.14. The Morgan fingerprint density at radius 3 is 2.15 bits per heavy atom. The van der Waals surface area contributed by atoms with Crippen LogP contribution in [0.4, 0.5) is 4.79 Å². The van der Waals surface area contributed by atoms with Gasteiger partial charge in [0.1, 0.15) is 12.1 Å². The summed E-state index contributed by atoms with van der Waals surface area (Å²) in [4.78, 5) is 12.2. The Bertz CT molecular complexity index is 183. The third kappa shape index (κ3) is 1.60. The molecule has 1 saturated heterocycles. The van der Waals surface area contributed by atoms with Gasteiger partial charge in [-0.3, -0.25) is 4.90 Å². The summed E-state index contributed by atoms with van der Waals surface area (Å²) in [6.07, 6.45) is -0.614. The van der Waals surface area contributed by atoms with Gasteiger partial charge in [-0.1, -0.05) is 0 Å². The summed E-state index contributed by atoms with van der Waals surface area (Å²) in [6, 6.07) is 0. The van der Waals surface area contributed by atoms with Crippen molar-refractivity contribution in [2.24, 2.45) is 0 Å². The molecule has 13 heavy (non-hydrogen) atoms. The quantitative estimate of drug-likeness (QED) is 0.485. The van der Waals surface area contributed by atoms with Gasteiger partial charge in [0.05, 0.1) is 26.4 Å². The molecule has 1 heterocycles. The van der Waals surface area contributed by atoms with Gasteiger partial charge in [-0.25, -0.2) is 4.79 Å². The van der Waals surface area contributed by atoms with E-state index < -0.39 is 31.5 Å². The van der Waals surface area contributed by atoms with Crippen LogP contribution in [0.15, 0.2) is 0 Å². The van der Waals surface area contributed by atoms with Gasteiger partial charge in [-0.15, -0.1) is 0 Å². The van der Waals surface area contributed by atoms with Crippen molar-refractivity contribution in [3.05, 3.63) is 0 Å². The van der Waals surface area contributed by atoms with Crippen LogP contribution in [-0.2, 0) is 4.74 Å². The van der Waals surface area contributed by atoms with E-state index in [0.29, 0.717) is 0 Å². The predicted octanol–water partition coefficient (Wildman–Crippen LogP) is -1.85. The van der Waals surface area contributed by atoms with Crippen molar-refractivity contribution < 1.29 is 24.9 Å². The van der Waals surface area contributed by atoms with E-state index in [1.54, 1.807) is 0 Å². The molecule has 76 valence electrons. The maximum atomic E-state index is 11.1. The number of rotatable bonds is 4. The van der Waals surface area contributed by atoms with E-state index in [-0.39, 0.29) is 13.2 Å². The van der Waals surface area contributed by atoms with Gasteiger partial charge in [0, 0.05) is 0 Å². The fourth-order valence-corrected chi connectivity index (χ4v) is 1.23. The molecule has 0 spiro atoms. The van der Waals surface area contributed by atoms with Crippen LogP contribution in [0.5, 0.6) is 0 Å². The lowest BCUT2D eigenvalue weighted by Crippen LogP contribution is -2.57. The highest BCUT2D eigenvalue weighted by atomic mass is 16.6. The van der Waals surface area contributed by atoms with Crippen LogP contribution in [0.2, 0.25) is 0 Å². The lowest BCUT2D eigenvalue weighted by Gasteiger charge is -2.35. The van der Waals surface area contributed by atoms with Crippen molar-refractivity contribution in [3.63, 3.8) is 0 Å². The number of hydrogen-bond acceptors (Lipinski definition) is 5. The Morgan fingerprint density at radius 2 is 1.85 bits per heavy atom. The van der Waals surface area contributed by atoms with Crippen LogP contribution in [0.25, 0.3) is 0 Å². The molecule has 0 aromatic carbocycles. The second-order valence-electron chi connectivity index (χ2n) is 2.96. The minimum atomic E-state index is -1.30. The highest BCUT2D eigenvalue weighted by Crippen LogP contribution is 2.18. The van der Waals surface area contributed by atoms with Gasteiger partial charge < -0.3 is 20.1 Å². The Balaban J connectivity index is 2.79. The normalized spacial score (nSPS) is 17.8. The number of ether oxygens (including phenoxy) is 1. The van der Waals surface area contributed by atoms with Gasteiger partial charge in [0.15, 0.2) is 0 Å². The molecule has 1 fully saturated rings. The third-order valence-corrected chi connectivity index (χ3v) is 2.22. The van der Waals surface area contributed by atoms with Crippen molar-refractivity contribution in [2.45, 2.75) is 5.54 Å². The number of cyclic esters (lactones) is 1. The lowest BCUT2D eigenvalue weighted by molar-refractivity contribution is -0.0204. The van der Waals surface area contributed by atoms with Gasteiger partial charge >= 0.3 is 6.09 Å². The molecular formula is C7H13NO5. The largest absolute Gasteiger partial charge is 0.448 e. The van der Waals surface area contributed by atoms with Gasteiger partial charge in [-0.05, 0) is 0 Å². The van der Waals surface area contributed by atoms with Crippen molar-refractivity contribution in [1.29, 1.82) is 0 Å². The van der Waals surface area contributed by atoms with E-state index in [0.717, 1.165) is 4.90 Å². The second kappa shape index (κ2) is 3.91. The Morgan fingerprint density at radius 1 is 1.31 bits per heavy atom. The number of carbonyl (C=O) groups excluding carboxylic acids is 1. The molecule has 0 atom stereocenters. The minimum Gasteiger partial charge on any atom is -0.448 e. The topological polar surface area (TPSA) is 90.2 Å². The Labute approximate surface area is 75.3 Å².